The molecular weight excluding hydrogens is 146 g/mol. The number of aromatic hydroxyl groups is 1. The van der Waals surface area contributed by atoms with Crippen LogP contribution < -0.4 is 0 Å². The Labute approximate surface area is 55.9 Å². The molecule has 1 rings (SSSR count). The van der Waals surface area contributed by atoms with Crippen molar-refractivity contribution in [3.05, 3.63) is 11.1 Å². The van der Waals surface area contributed by atoms with Crippen LogP contribution in [0.4, 0.5) is 0 Å². The topological polar surface area (TPSA) is 33.1 Å². The normalized spacial score (nSPS) is 9.62. The zero-order valence-electron chi connectivity index (χ0n) is 3.97. The molecule has 0 saturated carbocycles. The van der Waals surface area contributed by atoms with E-state index in [0.717, 1.165) is 0 Å². The van der Waals surface area contributed by atoms with Gasteiger partial charge >= 0.3 is 0 Å². The minimum absolute atomic E-state index is 0.199. The molecule has 0 unspecified atom stereocenters. The number of hydrogen-bond acceptors (Lipinski definition) is 3. The first-order valence-electron chi connectivity index (χ1n) is 2.02. The lowest BCUT2D eigenvalue weighted by Crippen LogP contribution is -1.72. The lowest BCUT2D eigenvalue weighted by molar-refractivity contribution is 0.471. The SMILES string of the molecule is Oc1csnc1CCl. The molecule has 0 fully saturated rings. The highest BCUT2D eigenvalue weighted by Crippen LogP contribution is 2.18. The Kier molecular flexibility index (Phi) is 1.70. The van der Waals surface area contributed by atoms with Crippen LogP contribution in [0.25, 0.3) is 0 Å². The molecule has 0 aliphatic heterocycles. The molecule has 1 aromatic rings. The lowest BCUT2D eigenvalue weighted by Gasteiger charge is -1.83. The summed E-state index contributed by atoms with van der Waals surface area (Å²) < 4.78 is 3.79. The van der Waals surface area contributed by atoms with Crippen molar-refractivity contribution in [2.45, 2.75) is 5.88 Å². The molecule has 0 bridgehead atoms. The maximum atomic E-state index is 8.81. The average molecular weight is 150 g/mol. The van der Waals surface area contributed by atoms with Gasteiger partial charge in [0.05, 0.1) is 11.3 Å². The summed E-state index contributed by atoms with van der Waals surface area (Å²) in [5.41, 5.74) is 0.566. The predicted octanol–water partition coefficient (Wildman–Crippen LogP) is 1.59. The summed E-state index contributed by atoms with van der Waals surface area (Å²) >= 11 is 6.56. The molecule has 0 radical (unpaired) electrons. The van der Waals surface area contributed by atoms with Crippen molar-refractivity contribution in [3.8, 4) is 5.75 Å². The second-order valence-electron chi connectivity index (χ2n) is 1.28. The van der Waals surface area contributed by atoms with Crippen LogP contribution in [-0.2, 0) is 5.88 Å². The first-order valence-corrected chi connectivity index (χ1v) is 3.40. The third-order valence-corrected chi connectivity index (χ3v) is 1.66. The van der Waals surface area contributed by atoms with Gasteiger partial charge in [0.1, 0.15) is 5.69 Å². The smallest absolute Gasteiger partial charge is 0.150 e. The molecule has 0 amide bonds. The summed E-state index contributed by atoms with van der Waals surface area (Å²) in [7, 11) is 0. The van der Waals surface area contributed by atoms with Gasteiger partial charge in [-0.05, 0) is 11.5 Å². The molecule has 1 heterocycles. The maximum absolute atomic E-state index is 8.81. The minimum atomic E-state index is 0.199. The van der Waals surface area contributed by atoms with Gasteiger partial charge in [-0.2, -0.15) is 4.37 Å². The first kappa shape index (κ1) is 5.85. The Morgan fingerprint density at radius 1 is 1.88 bits per heavy atom. The molecule has 2 nitrogen and oxygen atoms in total. The van der Waals surface area contributed by atoms with Gasteiger partial charge in [-0.1, -0.05) is 0 Å². The molecule has 0 aliphatic rings. The molecule has 8 heavy (non-hydrogen) atoms. The van der Waals surface area contributed by atoms with Crippen LogP contribution in [0.15, 0.2) is 5.38 Å². The fourth-order valence-electron chi connectivity index (χ4n) is 0.348. The van der Waals surface area contributed by atoms with Crippen LogP contribution in [-0.4, -0.2) is 9.48 Å². The van der Waals surface area contributed by atoms with Crippen LogP contribution in [0.1, 0.15) is 5.69 Å². The van der Waals surface area contributed by atoms with Gasteiger partial charge < -0.3 is 5.11 Å². The number of hydrogen-bond donors (Lipinski definition) is 1. The first-order chi connectivity index (χ1) is 3.84. The van der Waals surface area contributed by atoms with E-state index in [2.05, 4.69) is 4.37 Å². The number of halogens is 1. The molecule has 0 aliphatic carbocycles. The fraction of sp³-hybridized carbons (Fsp3) is 0.250. The molecule has 0 saturated heterocycles. The summed E-state index contributed by atoms with van der Waals surface area (Å²) in [4.78, 5) is 0. The van der Waals surface area contributed by atoms with Gasteiger partial charge in [-0.25, -0.2) is 0 Å². The van der Waals surface area contributed by atoms with Crippen molar-refractivity contribution in [2.75, 3.05) is 0 Å². The third kappa shape index (κ3) is 0.928. The molecule has 44 valence electrons. The number of rotatable bonds is 1. The van der Waals surface area contributed by atoms with E-state index < -0.39 is 0 Å². The van der Waals surface area contributed by atoms with Crippen molar-refractivity contribution in [2.24, 2.45) is 0 Å². The zero-order chi connectivity index (χ0) is 5.98. The second-order valence-corrected chi connectivity index (χ2v) is 2.18. The molecule has 1 N–H and O–H groups in total. The van der Waals surface area contributed by atoms with E-state index in [9.17, 15) is 0 Å². The number of nitrogens with zero attached hydrogens (tertiary/aromatic N) is 1. The summed E-state index contributed by atoms with van der Waals surface area (Å²) in [5, 5.41) is 10.4. The Morgan fingerprint density at radius 2 is 2.62 bits per heavy atom. The molecular formula is C4H4ClNOS. The van der Waals surface area contributed by atoms with Crippen LogP contribution in [0, 0.1) is 0 Å². The summed E-state index contributed by atoms with van der Waals surface area (Å²) in [5.74, 6) is 0.486. The van der Waals surface area contributed by atoms with Crippen molar-refractivity contribution < 1.29 is 5.11 Å². The van der Waals surface area contributed by atoms with Crippen molar-refractivity contribution in [3.63, 3.8) is 0 Å². The maximum Gasteiger partial charge on any atom is 0.150 e. The van der Waals surface area contributed by atoms with E-state index in [0.29, 0.717) is 5.69 Å². The van der Waals surface area contributed by atoms with Crippen molar-refractivity contribution in [1.29, 1.82) is 0 Å². The van der Waals surface area contributed by atoms with Crippen molar-refractivity contribution in [1.82, 2.24) is 4.37 Å². The molecule has 0 aromatic carbocycles. The van der Waals surface area contributed by atoms with Crippen LogP contribution in [0.2, 0.25) is 0 Å². The molecule has 1 aromatic heterocycles. The summed E-state index contributed by atoms with van der Waals surface area (Å²) in [6.07, 6.45) is 0. The number of aromatic nitrogens is 1. The Hall–Kier alpha value is -0.280. The Balaban J connectivity index is 2.92. The van der Waals surface area contributed by atoms with E-state index in [-0.39, 0.29) is 11.6 Å². The second kappa shape index (κ2) is 2.33. The summed E-state index contributed by atoms with van der Waals surface area (Å²) in [6.45, 7) is 0. The fourth-order valence-corrected chi connectivity index (χ4v) is 1.19. The minimum Gasteiger partial charge on any atom is -0.505 e. The highest BCUT2D eigenvalue weighted by Gasteiger charge is 1.99. The highest BCUT2D eigenvalue weighted by atomic mass is 35.5. The predicted molar refractivity (Wildman–Crippen MR) is 33.3 cm³/mol. The van der Waals surface area contributed by atoms with E-state index in [1.54, 1.807) is 5.38 Å². The lowest BCUT2D eigenvalue weighted by atomic mass is 10.5. The van der Waals surface area contributed by atoms with Gasteiger partial charge in [-0.3, -0.25) is 0 Å². The van der Waals surface area contributed by atoms with E-state index in [1.807, 2.05) is 0 Å². The van der Waals surface area contributed by atoms with Gasteiger partial charge in [0.15, 0.2) is 5.75 Å². The van der Waals surface area contributed by atoms with Gasteiger partial charge in [0.25, 0.3) is 0 Å². The van der Waals surface area contributed by atoms with E-state index in [1.165, 1.54) is 11.5 Å². The molecule has 0 spiro atoms. The van der Waals surface area contributed by atoms with E-state index in [4.69, 9.17) is 16.7 Å². The largest absolute Gasteiger partial charge is 0.505 e. The van der Waals surface area contributed by atoms with Gasteiger partial charge in [-0.15, -0.1) is 11.6 Å². The average Bonchev–Trinajstić information content (AvgIpc) is 2.14. The molecule has 4 heteroatoms. The van der Waals surface area contributed by atoms with Gasteiger partial charge in [0, 0.05) is 0 Å². The quantitative estimate of drug-likeness (QED) is 0.616. The third-order valence-electron chi connectivity index (χ3n) is 0.749. The zero-order valence-corrected chi connectivity index (χ0v) is 5.54. The van der Waals surface area contributed by atoms with Crippen LogP contribution in [0.5, 0.6) is 5.75 Å². The highest BCUT2D eigenvalue weighted by molar-refractivity contribution is 7.03. The summed E-state index contributed by atoms with van der Waals surface area (Å²) in [6, 6.07) is 0. The van der Waals surface area contributed by atoms with Gasteiger partial charge in [0.2, 0.25) is 0 Å². The number of alkyl halides is 1. The standard InChI is InChI=1S/C4H4ClNOS/c5-1-3-4(7)2-8-6-3/h2,7H,1H2. The van der Waals surface area contributed by atoms with E-state index >= 15 is 0 Å². The Morgan fingerprint density at radius 3 is 2.88 bits per heavy atom. The van der Waals surface area contributed by atoms with Crippen molar-refractivity contribution >= 4 is 23.1 Å². The van der Waals surface area contributed by atoms with Crippen LogP contribution in [0.3, 0.4) is 0 Å². The monoisotopic (exact) mass is 149 g/mol. The van der Waals surface area contributed by atoms with Crippen LogP contribution >= 0.6 is 23.1 Å². The Bertz CT molecular complexity index is 176. The molecule has 0 atom stereocenters.